The van der Waals surface area contributed by atoms with E-state index in [1.165, 1.54) is 0 Å². The quantitative estimate of drug-likeness (QED) is 0.793. The van der Waals surface area contributed by atoms with E-state index in [0.717, 1.165) is 25.7 Å². The molecule has 1 heterocycles. The number of carbonyl (C=O) groups excluding carboxylic acids is 1. The molecule has 0 spiro atoms. The molecule has 0 atom stereocenters. The van der Waals surface area contributed by atoms with Gasteiger partial charge in [-0.3, -0.25) is 4.79 Å². The van der Waals surface area contributed by atoms with Crippen molar-refractivity contribution in [3.63, 3.8) is 0 Å². The van der Waals surface area contributed by atoms with Crippen LogP contribution in [0.1, 0.15) is 31.4 Å². The van der Waals surface area contributed by atoms with Crippen molar-refractivity contribution in [2.75, 3.05) is 0 Å². The van der Waals surface area contributed by atoms with Crippen molar-refractivity contribution in [1.82, 2.24) is 15.0 Å². The Balaban J connectivity index is 1.78. The van der Waals surface area contributed by atoms with Crippen molar-refractivity contribution >= 4 is 5.91 Å². The average Bonchev–Trinajstić information content (AvgIpc) is 3.19. The van der Waals surface area contributed by atoms with E-state index in [-0.39, 0.29) is 5.91 Å². The van der Waals surface area contributed by atoms with Crippen molar-refractivity contribution < 1.29 is 4.79 Å². The van der Waals surface area contributed by atoms with Gasteiger partial charge < -0.3 is 5.73 Å². The summed E-state index contributed by atoms with van der Waals surface area (Å²) in [6.07, 6.45) is 6.67. The smallest absolute Gasteiger partial charge is 0.224 e. The van der Waals surface area contributed by atoms with Gasteiger partial charge in [-0.15, -0.1) is 5.10 Å². The van der Waals surface area contributed by atoms with Gasteiger partial charge in [-0.2, -0.15) is 5.26 Å². The van der Waals surface area contributed by atoms with Crippen LogP contribution >= 0.6 is 0 Å². The molecule has 0 aromatic carbocycles. The lowest BCUT2D eigenvalue weighted by atomic mass is 10.0. The molecule has 1 amide bonds. The Morgan fingerprint density at radius 2 is 2.24 bits per heavy atom. The summed E-state index contributed by atoms with van der Waals surface area (Å²) in [6.45, 7) is 0. The number of rotatable bonds is 4. The lowest BCUT2D eigenvalue weighted by molar-refractivity contribution is -0.121. The van der Waals surface area contributed by atoms with Gasteiger partial charge in [0.1, 0.15) is 0 Å². The third-order valence-corrected chi connectivity index (χ3v) is 3.58. The Bertz CT molecular complexity index is 518. The van der Waals surface area contributed by atoms with Crippen molar-refractivity contribution in [3.05, 3.63) is 18.3 Å². The Morgan fingerprint density at radius 1 is 1.53 bits per heavy atom. The van der Waals surface area contributed by atoms with Gasteiger partial charge in [0.05, 0.1) is 23.4 Å². The average molecular weight is 230 g/mol. The summed E-state index contributed by atoms with van der Waals surface area (Å²) in [5.74, 6) is -0.312. The molecule has 1 radical (unpaired) electrons. The van der Waals surface area contributed by atoms with E-state index < -0.39 is 11.0 Å². The zero-order valence-corrected chi connectivity index (χ0v) is 9.26. The predicted octanol–water partition coefficient (Wildman–Crippen LogP) is 0.109. The van der Waals surface area contributed by atoms with Crippen LogP contribution in [0.25, 0.3) is 0 Å². The number of hydrogen-bond acceptors (Lipinski definition) is 4. The molecular formula is C11H12N5O. The first-order valence-corrected chi connectivity index (χ1v) is 5.60. The zero-order valence-electron chi connectivity index (χ0n) is 9.26. The summed E-state index contributed by atoms with van der Waals surface area (Å²) >= 11 is 0. The molecule has 2 aliphatic rings. The van der Waals surface area contributed by atoms with Crippen LogP contribution in [0.4, 0.5) is 0 Å². The highest BCUT2D eigenvalue weighted by atomic mass is 16.1. The molecule has 0 aliphatic heterocycles. The van der Waals surface area contributed by atoms with E-state index in [1.807, 2.05) is 0 Å². The van der Waals surface area contributed by atoms with Crippen molar-refractivity contribution in [1.29, 1.82) is 5.26 Å². The number of hydrogen-bond donors (Lipinski definition) is 1. The number of amides is 1. The number of nitrogens with two attached hydrogens (primary N) is 1. The predicted molar refractivity (Wildman–Crippen MR) is 57.1 cm³/mol. The van der Waals surface area contributed by atoms with E-state index in [1.54, 1.807) is 17.3 Å². The van der Waals surface area contributed by atoms with Gasteiger partial charge in [0, 0.05) is 6.42 Å². The Kier molecular flexibility index (Phi) is 1.85. The van der Waals surface area contributed by atoms with Crippen LogP contribution in [-0.4, -0.2) is 20.9 Å². The monoisotopic (exact) mass is 230 g/mol. The molecule has 2 N–H and O–H groups in total. The van der Waals surface area contributed by atoms with Gasteiger partial charge in [0.15, 0.2) is 5.54 Å². The van der Waals surface area contributed by atoms with Crippen LogP contribution in [0.5, 0.6) is 0 Å². The van der Waals surface area contributed by atoms with Crippen LogP contribution in [-0.2, 0) is 10.3 Å². The SMILES string of the molecule is N#CC1(n2cc([CH]C3(C(N)=O)CC3)nn2)CC1. The van der Waals surface area contributed by atoms with Crippen LogP contribution in [0, 0.1) is 23.2 Å². The summed E-state index contributed by atoms with van der Waals surface area (Å²) < 4.78 is 1.59. The second-order valence-electron chi connectivity index (χ2n) is 4.90. The van der Waals surface area contributed by atoms with Gasteiger partial charge >= 0.3 is 0 Å². The molecule has 0 saturated heterocycles. The van der Waals surface area contributed by atoms with E-state index in [2.05, 4.69) is 16.4 Å². The number of nitriles is 1. The largest absolute Gasteiger partial charge is 0.369 e. The molecule has 6 heteroatoms. The fourth-order valence-corrected chi connectivity index (χ4v) is 1.94. The zero-order chi connectivity index (χ0) is 12.1. The highest BCUT2D eigenvalue weighted by Crippen LogP contribution is 2.49. The molecule has 2 aliphatic carbocycles. The molecule has 2 fully saturated rings. The molecule has 0 unspecified atom stereocenters. The molecule has 17 heavy (non-hydrogen) atoms. The lowest BCUT2D eigenvalue weighted by Gasteiger charge is -2.06. The van der Waals surface area contributed by atoms with E-state index in [4.69, 9.17) is 11.0 Å². The number of nitrogens with zero attached hydrogens (tertiary/aromatic N) is 4. The normalized spacial score (nSPS) is 22.8. The van der Waals surface area contributed by atoms with Gasteiger partial charge in [-0.1, -0.05) is 5.21 Å². The Hall–Kier alpha value is -1.90. The van der Waals surface area contributed by atoms with Gasteiger partial charge in [0.25, 0.3) is 0 Å². The molecule has 1 aromatic rings. The summed E-state index contributed by atoms with van der Waals surface area (Å²) in [6, 6.07) is 2.24. The van der Waals surface area contributed by atoms with Crippen molar-refractivity contribution in [3.8, 4) is 6.07 Å². The minimum absolute atomic E-state index is 0.312. The Morgan fingerprint density at radius 3 is 2.71 bits per heavy atom. The van der Waals surface area contributed by atoms with Gasteiger partial charge in [-0.25, -0.2) is 4.68 Å². The first-order valence-electron chi connectivity index (χ1n) is 5.60. The van der Waals surface area contributed by atoms with Crippen molar-refractivity contribution in [2.45, 2.75) is 31.2 Å². The van der Waals surface area contributed by atoms with E-state index in [0.29, 0.717) is 5.69 Å². The van der Waals surface area contributed by atoms with E-state index in [9.17, 15) is 4.79 Å². The summed E-state index contributed by atoms with van der Waals surface area (Å²) in [5.41, 5.74) is 4.94. The van der Waals surface area contributed by atoms with Crippen LogP contribution in [0.2, 0.25) is 0 Å². The fourth-order valence-electron chi connectivity index (χ4n) is 1.94. The summed E-state index contributed by atoms with van der Waals surface area (Å²) in [5, 5.41) is 17.0. The third kappa shape index (κ3) is 1.50. The standard InChI is InChI=1S/C11H12N5O/c12-7-11(3-4-11)16-6-8(14-15-16)5-10(1-2-10)9(13)17/h5-6H,1-4H2,(H2,13,17). The molecule has 0 bridgehead atoms. The minimum Gasteiger partial charge on any atom is -0.369 e. The van der Waals surface area contributed by atoms with Gasteiger partial charge in [0.2, 0.25) is 5.91 Å². The number of aromatic nitrogens is 3. The highest BCUT2D eigenvalue weighted by Gasteiger charge is 2.50. The van der Waals surface area contributed by atoms with Gasteiger partial charge in [-0.05, 0) is 25.7 Å². The lowest BCUT2D eigenvalue weighted by Crippen LogP contribution is -2.25. The van der Waals surface area contributed by atoms with Crippen molar-refractivity contribution in [2.24, 2.45) is 11.1 Å². The minimum atomic E-state index is -0.524. The second kappa shape index (κ2) is 3.06. The maximum atomic E-state index is 11.2. The second-order valence-corrected chi connectivity index (χ2v) is 4.90. The van der Waals surface area contributed by atoms with Crippen LogP contribution in [0.15, 0.2) is 6.20 Å². The first kappa shape index (κ1) is 10.3. The maximum Gasteiger partial charge on any atom is 0.224 e. The molecule has 2 saturated carbocycles. The first-order chi connectivity index (χ1) is 8.10. The van der Waals surface area contributed by atoms with Crippen LogP contribution < -0.4 is 5.73 Å². The topological polar surface area (TPSA) is 97.6 Å². The summed E-state index contributed by atoms with van der Waals surface area (Å²) in [7, 11) is 0. The molecule has 1 aromatic heterocycles. The number of primary amides is 1. The molecule has 3 rings (SSSR count). The third-order valence-electron chi connectivity index (χ3n) is 3.58. The van der Waals surface area contributed by atoms with Crippen LogP contribution in [0.3, 0.4) is 0 Å². The molecule has 6 nitrogen and oxygen atoms in total. The summed E-state index contributed by atoms with van der Waals surface area (Å²) in [4.78, 5) is 11.2. The maximum absolute atomic E-state index is 11.2. The molecular weight excluding hydrogens is 218 g/mol. The Labute approximate surface area is 98.4 Å². The van der Waals surface area contributed by atoms with E-state index >= 15 is 0 Å². The highest BCUT2D eigenvalue weighted by molar-refractivity contribution is 5.85. The molecule has 87 valence electrons. The fraction of sp³-hybridized carbons (Fsp3) is 0.545. The number of carbonyl (C=O) groups is 1.